The van der Waals surface area contributed by atoms with Gasteiger partial charge in [0, 0.05) is 7.11 Å². The first-order chi connectivity index (χ1) is 11.2. The van der Waals surface area contributed by atoms with Crippen molar-refractivity contribution in [3.8, 4) is 0 Å². The Balaban J connectivity index is -0.000000135. The highest BCUT2D eigenvalue weighted by Gasteiger charge is 2.27. The molecule has 7 nitrogen and oxygen atoms in total. The summed E-state index contributed by atoms with van der Waals surface area (Å²) in [5.74, 6) is 0. The van der Waals surface area contributed by atoms with Gasteiger partial charge in [0.1, 0.15) is 6.54 Å². The smallest absolute Gasteiger partial charge is 0.335 e. The molecule has 0 radical (unpaired) electrons. The van der Waals surface area contributed by atoms with Crippen LogP contribution >= 0.6 is 0 Å². The molecular weight excluding hydrogens is 406 g/mol. The van der Waals surface area contributed by atoms with E-state index in [-0.39, 0.29) is 0 Å². The number of methoxy groups -OCH3 is 1. The molecule has 0 heterocycles. The summed E-state index contributed by atoms with van der Waals surface area (Å²) < 4.78 is 103. The number of ether oxygens (including phenoxy) is 1. The summed E-state index contributed by atoms with van der Waals surface area (Å²) >= 11 is -1.50. The topological polar surface area (TPSA) is 91.6 Å². The molecule has 0 saturated heterocycles. The quantitative estimate of drug-likeness (QED) is 0.382. The van der Waals surface area contributed by atoms with E-state index in [1.807, 2.05) is 0 Å². The molecule has 25 heavy (non-hydrogen) atoms. The van der Waals surface area contributed by atoms with Gasteiger partial charge in [0.15, 0.2) is 0 Å². The molecular formula is C10H20F6N2O5S2. The summed E-state index contributed by atoms with van der Waals surface area (Å²) in [7, 11) is 4.02. The molecule has 0 aliphatic heterocycles. The van der Waals surface area contributed by atoms with Gasteiger partial charge in [-0.15, -0.1) is 0 Å². The van der Waals surface area contributed by atoms with Gasteiger partial charge in [-0.1, -0.05) is 0 Å². The van der Waals surface area contributed by atoms with Gasteiger partial charge in [-0.3, -0.25) is 0 Å². The highest BCUT2D eigenvalue weighted by molar-refractivity contribution is 7.51. The molecule has 0 spiro atoms. The third kappa shape index (κ3) is 39.7. The first-order valence-electron chi connectivity index (χ1n) is 6.25. The second-order valence-corrected chi connectivity index (χ2v) is 4.42. The van der Waals surface area contributed by atoms with Crippen LogP contribution in [-0.2, 0) is 27.9 Å². The first-order valence-corrected chi connectivity index (χ1v) is 7.59. The molecule has 0 saturated carbocycles. The Morgan fingerprint density at radius 1 is 0.880 bits per heavy atom. The van der Waals surface area contributed by atoms with Crippen LogP contribution in [0.2, 0.25) is 0 Å². The van der Waals surface area contributed by atoms with Crippen molar-refractivity contribution in [2.75, 3.05) is 40.4 Å². The molecule has 0 rings (SSSR count). The van der Waals surface area contributed by atoms with Gasteiger partial charge >= 0.3 is 35.7 Å². The van der Waals surface area contributed by atoms with E-state index in [0.29, 0.717) is 5.32 Å². The van der Waals surface area contributed by atoms with Crippen molar-refractivity contribution in [3.63, 3.8) is 0 Å². The summed E-state index contributed by atoms with van der Waals surface area (Å²) in [5, 5.41) is 0.542. The monoisotopic (exact) mass is 426 g/mol. The molecule has 0 N–H and O–H groups in total. The molecule has 0 aliphatic rings. The molecule has 154 valence electrons. The summed E-state index contributed by atoms with van der Waals surface area (Å²) in [5.41, 5.74) is 0. The Hall–Kier alpha value is -0.900. The Kier molecular flexibility index (Phi) is 22.8. The van der Waals surface area contributed by atoms with Gasteiger partial charge in [-0.2, -0.15) is 43.2 Å². The van der Waals surface area contributed by atoms with Crippen LogP contribution < -0.4 is 0 Å². The molecule has 0 aromatic heterocycles. The van der Waals surface area contributed by atoms with Gasteiger partial charge in [0.2, 0.25) is 0 Å². The normalized spacial score (nSPS) is 10.8. The van der Waals surface area contributed by atoms with Crippen molar-refractivity contribution in [1.29, 1.82) is 0 Å². The highest BCUT2D eigenvalue weighted by Crippen LogP contribution is 2.34. The summed E-state index contributed by atoms with van der Waals surface area (Å²) in [6, 6.07) is 0. The number of nitrogens with zero attached hydrogens (tertiary/aromatic N) is 2. The Bertz CT molecular complexity index is 355. The van der Waals surface area contributed by atoms with Crippen LogP contribution in [0, 0.1) is 0 Å². The van der Waals surface area contributed by atoms with E-state index in [4.69, 9.17) is 21.6 Å². The minimum absolute atomic E-state index is 0.542. The lowest BCUT2D eigenvalue weighted by molar-refractivity contribution is -0.906. The fourth-order valence-electron chi connectivity index (χ4n) is 0.995. The lowest BCUT2D eigenvalue weighted by Gasteiger charge is -2.31. The Morgan fingerprint density at radius 3 is 1.28 bits per heavy atom. The van der Waals surface area contributed by atoms with Crippen LogP contribution in [0.25, 0.3) is 5.32 Å². The van der Waals surface area contributed by atoms with E-state index in [1.165, 1.54) is 13.1 Å². The molecule has 0 bridgehead atoms. The zero-order valence-corrected chi connectivity index (χ0v) is 15.5. The standard InChI is InChI=1S/C8H20NO.C2F6N.2O2S/c1-5-9(3,6-2)7-8-10-4;3-1(4,5)9-2(6,7)8;2*1-3-2/h5-8H2,1-4H3;;;/q+1;-1;;. The molecule has 15 heteroatoms. The first kappa shape index (κ1) is 31.8. The third-order valence-electron chi connectivity index (χ3n) is 2.62. The maximum Gasteiger partial charge on any atom is 0.335 e. The van der Waals surface area contributed by atoms with Gasteiger partial charge in [0.25, 0.3) is 0 Å². The largest absolute Gasteiger partial charge is 0.478 e. The third-order valence-corrected chi connectivity index (χ3v) is 2.62. The lowest BCUT2D eigenvalue weighted by atomic mass is 10.4. The number of likely N-dealkylation sites (N-methyl/N-ethyl adjacent to an activating group) is 1. The van der Waals surface area contributed by atoms with Crippen LogP contribution in [0.15, 0.2) is 0 Å². The van der Waals surface area contributed by atoms with Crippen LogP contribution in [0.3, 0.4) is 0 Å². The van der Waals surface area contributed by atoms with Crippen molar-refractivity contribution < 1.29 is 52.4 Å². The van der Waals surface area contributed by atoms with E-state index < -0.39 is 35.7 Å². The van der Waals surface area contributed by atoms with Crippen LogP contribution in [0.5, 0.6) is 0 Å². The zero-order valence-electron chi connectivity index (χ0n) is 13.8. The zero-order chi connectivity index (χ0) is 21.2. The van der Waals surface area contributed by atoms with Crippen molar-refractivity contribution in [3.05, 3.63) is 5.32 Å². The Labute approximate surface area is 148 Å². The van der Waals surface area contributed by atoms with E-state index >= 15 is 0 Å². The van der Waals surface area contributed by atoms with Crippen molar-refractivity contribution >= 4 is 23.1 Å². The van der Waals surface area contributed by atoms with Gasteiger partial charge in [-0.05, 0) is 13.8 Å². The molecule has 0 fully saturated rings. The van der Waals surface area contributed by atoms with Crippen LogP contribution in [-0.4, -0.2) is 74.3 Å². The van der Waals surface area contributed by atoms with E-state index in [9.17, 15) is 26.3 Å². The summed E-state index contributed by atoms with van der Waals surface area (Å²) in [6.45, 7) is 8.83. The van der Waals surface area contributed by atoms with Crippen molar-refractivity contribution in [2.45, 2.75) is 26.4 Å². The fourth-order valence-corrected chi connectivity index (χ4v) is 0.995. The molecule has 0 atom stereocenters. The SMILES string of the molecule is CC[N+](C)(CC)CCOC.FC(F)(F)[N-]C(F)(F)F.O=S=O.O=S=O. The number of quaternary nitrogens is 1. The van der Waals surface area contributed by atoms with Gasteiger partial charge < -0.3 is 14.5 Å². The predicted molar refractivity (Wildman–Crippen MR) is 77.3 cm³/mol. The number of halogens is 6. The Morgan fingerprint density at radius 2 is 1.16 bits per heavy atom. The number of alkyl halides is 6. The van der Waals surface area contributed by atoms with Gasteiger partial charge in [0.05, 0.1) is 26.7 Å². The van der Waals surface area contributed by atoms with E-state index in [2.05, 4.69) is 20.9 Å². The minimum Gasteiger partial charge on any atom is -0.478 e. The molecule has 0 unspecified atom stereocenters. The second-order valence-electron chi connectivity index (χ2n) is 4.15. The predicted octanol–water partition coefficient (Wildman–Crippen LogP) is 2.18. The van der Waals surface area contributed by atoms with E-state index in [0.717, 1.165) is 17.6 Å². The average Bonchev–Trinajstić information content (AvgIpc) is 2.43. The van der Waals surface area contributed by atoms with E-state index in [1.54, 1.807) is 7.11 Å². The molecule has 0 aliphatic carbocycles. The fraction of sp³-hybridized carbons (Fsp3) is 1.00. The average molecular weight is 426 g/mol. The number of hydrogen-bond donors (Lipinski definition) is 0. The summed E-state index contributed by atoms with van der Waals surface area (Å²) in [6.07, 6.45) is -11.0. The number of rotatable bonds is 5. The minimum atomic E-state index is -5.52. The van der Waals surface area contributed by atoms with Crippen LogP contribution in [0.4, 0.5) is 26.3 Å². The lowest BCUT2D eigenvalue weighted by Crippen LogP contribution is -2.45. The molecule has 0 aromatic rings. The van der Waals surface area contributed by atoms with Gasteiger partial charge in [-0.25, -0.2) is 0 Å². The maximum absolute atomic E-state index is 10.7. The van der Waals surface area contributed by atoms with Crippen molar-refractivity contribution in [1.82, 2.24) is 0 Å². The molecule has 0 amide bonds. The second kappa shape index (κ2) is 17.9. The van der Waals surface area contributed by atoms with Crippen molar-refractivity contribution in [2.24, 2.45) is 0 Å². The maximum atomic E-state index is 10.7. The van der Waals surface area contributed by atoms with Crippen LogP contribution in [0.1, 0.15) is 13.8 Å². The highest BCUT2D eigenvalue weighted by atomic mass is 32.1. The number of hydrogen-bond acceptors (Lipinski definition) is 5. The summed E-state index contributed by atoms with van der Waals surface area (Å²) in [4.78, 5) is 0. The molecule has 0 aromatic carbocycles.